The summed E-state index contributed by atoms with van der Waals surface area (Å²) in [6.07, 6.45) is -6.26. The van der Waals surface area contributed by atoms with Crippen molar-refractivity contribution in [3.63, 3.8) is 0 Å². The van der Waals surface area contributed by atoms with Crippen LogP contribution in [-0.4, -0.2) is 55.9 Å². The fourth-order valence-corrected chi connectivity index (χ4v) is 1.42. The highest BCUT2D eigenvalue weighted by Crippen LogP contribution is 2.25. The zero-order valence-electron chi connectivity index (χ0n) is 9.01. The lowest BCUT2D eigenvalue weighted by atomic mass is 10.2. The summed E-state index contributed by atoms with van der Waals surface area (Å²) in [5.41, 5.74) is 0. The standard InChI is InChI=1S/C9H15F3N2O2.H2/c1-2-13-5-8(15)14-3-4-16-7(6-14)9(10,11)12;/h7,13H,2-6H2,1H3;1H/t7-;/m1./s1. The first kappa shape index (κ1) is 13.2. The van der Waals surface area contributed by atoms with Crippen LogP contribution in [-0.2, 0) is 9.53 Å². The van der Waals surface area contributed by atoms with E-state index in [1.165, 1.54) is 4.90 Å². The van der Waals surface area contributed by atoms with Gasteiger partial charge in [-0.15, -0.1) is 0 Å². The Morgan fingerprint density at radius 3 is 2.88 bits per heavy atom. The topological polar surface area (TPSA) is 41.6 Å². The van der Waals surface area contributed by atoms with Crippen molar-refractivity contribution in [2.75, 3.05) is 32.8 Å². The molecule has 0 saturated carbocycles. The molecule has 7 heteroatoms. The van der Waals surface area contributed by atoms with Crippen LogP contribution < -0.4 is 5.32 Å². The van der Waals surface area contributed by atoms with E-state index in [2.05, 4.69) is 10.1 Å². The molecule has 96 valence electrons. The van der Waals surface area contributed by atoms with Gasteiger partial charge in [-0.1, -0.05) is 6.92 Å². The fourth-order valence-electron chi connectivity index (χ4n) is 1.42. The van der Waals surface area contributed by atoms with E-state index in [0.29, 0.717) is 6.54 Å². The molecule has 0 aromatic heterocycles. The van der Waals surface area contributed by atoms with Crippen LogP contribution >= 0.6 is 0 Å². The van der Waals surface area contributed by atoms with Crippen molar-refractivity contribution >= 4 is 5.91 Å². The SMILES string of the molecule is CCNCC(=O)N1CCO[C@@H](C(F)(F)F)C1.[HH]. The molecule has 0 aromatic rings. The molecular weight excluding hydrogens is 225 g/mol. The van der Waals surface area contributed by atoms with Crippen molar-refractivity contribution < 1.29 is 24.1 Å². The number of rotatable bonds is 3. The summed E-state index contributed by atoms with van der Waals surface area (Å²) >= 11 is 0. The molecule has 1 amide bonds. The number of hydrogen-bond donors (Lipinski definition) is 1. The van der Waals surface area contributed by atoms with Crippen LogP contribution in [0.2, 0.25) is 0 Å². The highest BCUT2D eigenvalue weighted by atomic mass is 19.4. The molecule has 1 atom stereocenters. The number of carbonyl (C=O) groups is 1. The number of hydrogen-bond acceptors (Lipinski definition) is 3. The van der Waals surface area contributed by atoms with Crippen LogP contribution in [0.3, 0.4) is 0 Å². The molecule has 0 spiro atoms. The van der Waals surface area contributed by atoms with Crippen LogP contribution in [0, 0.1) is 0 Å². The number of alkyl halides is 3. The summed E-state index contributed by atoms with van der Waals surface area (Å²) in [4.78, 5) is 12.7. The van der Waals surface area contributed by atoms with Gasteiger partial charge >= 0.3 is 6.18 Å². The van der Waals surface area contributed by atoms with Crippen LogP contribution in [0.25, 0.3) is 0 Å². The molecule has 1 N–H and O–H groups in total. The lowest BCUT2D eigenvalue weighted by Crippen LogP contribution is -2.52. The molecule has 0 aromatic carbocycles. The van der Waals surface area contributed by atoms with Crippen molar-refractivity contribution in [2.45, 2.75) is 19.2 Å². The molecule has 1 saturated heterocycles. The number of nitrogens with zero attached hydrogens (tertiary/aromatic N) is 1. The molecule has 1 heterocycles. The summed E-state index contributed by atoms with van der Waals surface area (Å²) in [6.45, 7) is 2.25. The number of morpholine rings is 1. The van der Waals surface area contributed by atoms with Gasteiger partial charge in [-0.25, -0.2) is 0 Å². The molecule has 1 aliphatic heterocycles. The fraction of sp³-hybridized carbons (Fsp3) is 0.889. The first-order valence-corrected chi connectivity index (χ1v) is 5.12. The Morgan fingerprint density at radius 1 is 1.62 bits per heavy atom. The van der Waals surface area contributed by atoms with E-state index >= 15 is 0 Å². The quantitative estimate of drug-likeness (QED) is 0.789. The lowest BCUT2D eigenvalue weighted by molar-refractivity contribution is -0.236. The number of nitrogens with one attached hydrogen (secondary N) is 1. The zero-order valence-corrected chi connectivity index (χ0v) is 9.01. The Bertz CT molecular complexity index is 251. The number of ether oxygens (including phenoxy) is 1. The molecule has 16 heavy (non-hydrogen) atoms. The van der Waals surface area contributed by atoms with Gasteiger partial charge in [-0.2, -0.15) is 13.2 Å². The average Bonchev–Trinajstić information content (AvgIpc) is 2.25. The number of carbonyl (C=O) groups excluding carboxylic acids is 1. The molecule has 1 fully saturated rings. The Balaban J connectivity index is 0.00000256. The third kappa shape index (κ3) is 3.64. The normalized spacial score (nSPS) is 22.2. The van der Waals surface area contributed by atoms with Gasteiger partial charge in [0.2, 0.25) is 5.91 Å². The van der Waals surface area contributed by atoms with Crippen LogP contribution in [0.5, 0.6) is 0 Å². The Labute approximate surface area is 93.2 Å². The number of halogens is 3. The molecule has 4 nitrogen and oxygen atoms in total. The second kappa shape index (κ2) is 5.49. The minimum atomic E-state index is -4.41. The zero-order chi connectivity index (χ0) is 12.2. The monoisotopic (exact) mass is 242 g/mol. The van der Waals surface area contributed by atoms with Gasteiger partial charge in [-0.05, 0) is 6.54 Å². The maximum absolute atomic E-state index is 12.4. The van der Waals surface area contributed by atoms with Crippen molar-refractivity contribution in [3.05, 3.63) is 0 Å². The smallest absolute Gasteiger partial charge is 0.365 e. The summed E-state index contributed by atoms with van der Waals surface area (Å²) < 4.78 is 41.6. The summed E-state index contributed by atoms with van der Waals surface area (Å²) in [6, 6.07) is 0. The predicted octanol–water partition coefficient (Wildman–Crippen LogP) is 0.632. The highest BCUT2D eigenvalue weighted by Gasteiger charge is 2.44. The van der Waals surface area contributed by atoms with Gasteiger partial charge in [0.05, 0.1) is 19.7 Å². The maximum atomic E-state index is 12.4. The van der Waals surface area contributed by atoms with Gasteiger partial charge in [0.1, 0.15) is 0 Å². The molecule has 1 aliphatic rings. The minimum Gasteiger partial charge on any atom is -0.365 e. The van der Waals surface area contributed by atoms with E-state index in [-0.39, 0.29) is 27.0 Å². The van der Waals surface area contributed by atoms with E-state index in [0.717, 1.165) is 0 Å². The second-order valence-corrected chi connectivity index (χ2v) is 3.52. The maximum Gasteiger partial charge on any atom is 0.416 e. The summed E-state index contributed by atoms with van der Waals surface area (Å²) in [5.74, 6) is -0.320. The molecule has 0 radical (unpaired) electrons. The molecular formula is C9H17F3N2O2. The van der Waals surface area contributed by atoms with Crippen molar-refractivity contribution in [2.24, 2.45) is 0 Å². The third-order valence-corrected chi connectivity index (χ3v) is 2.31. The van der Waals surface area contributed by atoms with Crippen LogP contribution in [0.15, 0.2) is 0 Å². The lowest BCUT2D eigenvalue weighted by Gasteiger charge is -2.33. The van der Waals surface area contributed by atoms with E-state index in [1.807, 2.05) is 6.92 Å². The third-order valence-electron chi connectivity index (χ3n) is 2.31. The van der Waals surface area contributed by atoms with Gasteiger partial charge < -0.3 is 15.0 Å². The van der Waals surface area contributed by atoms with Crippen molar-refractivity contribution in [1.82, 2.24) is 10.2 Å². The first-order valence-electron chi connectivity index (χ1n) is 5.12. The van der Waals surface area contributed by atoms with Gasteiger partial charge in [0, 0.05) is 7.97 Å². The van der Waals surface area contributed by atoms with Crippen LogP contribution in [0.4, 0.5) is 13.2 Å². The van der Waals surface area contributed by atoms with E-state index in [9.17, 15) is 18.0 Å². The van der Waals surface area contributed by atoms with Gasteiger partial charge in [0.15, 0.2) is 6.10 Å². The highest BCUT2D eigenvalue weighted by molar-refractivity contribution is 5.78. The summed E-state index contributed by atoms with van der Waals surface area (Å²) in [5, 5.41) is 2.79. The minimum absolute atomic E-state index is 0. The Morgan fingerprint density at radius 2 is 2.31 bits per heavy atom. The molecule has 0 aliphatic carbocycles. The summed E-state index contributed by atoms with van der Waals surface area (Å²) in [7, 11) is 0. The molecule has 1 rings (SSSR count). The Kier molecular flexibility index (Phi) is 4.55. The molecule has 0 bridgehead atoms. The van der Waals surface area contributed by atoms with E-state index in [4.69, 9.17) is 0 Å². The average molecular weight is 242 g/mol. The Hall–Kier alpha value is -0.820. The second-order valence-electron chi connectivity index (χ2n) is 3.52. The number of likely N-dealkylation sites (N-methyl/N-ethyl adjacent to an activating group) is 1. The van der Waals surface area contributed by atoms with Gasteiger partial charge in [-0.3, -0.25) is 4.79 Å². The number of amides is 1. The first-order chi connectivity index (χ1) is 7.45. The molecule has 0 unspecified atom stereocenters. The largest absolute Gasteiger partial charge is 0.416 e. The van der Waals surface area contributed by atoms with Crippen molar-refractivity contribution in [3.8, 4) is 0 Å². The van der Waals surface area contributed by atoms with E-state index < -0.39 is 18.8 Å². The van der Waals surface area contributed by atoms with Crippen molar-refractivity contribution in [1.29, 1.82) is 0 Å². The van der Waals surface area contributed by atoms with Gasteiger partial charge in [0.25, 0.3) is 0 Å². The van der Waals surface area contributed by atoms with Crippen LogP contribution in [0.1, 0.15) is 8.35 Å². The predicted molar refractivity (Wildman–Crippen MR) is 53.0 cm³/mol. The van der Waals surface area contributed by atoms with E-state index in [1.54, 1.807) is 0 Å².